The van der Waals surface area contributed by atoms with Gasteiger partial charge in [0.1, 0.15) is 12.1 Å². The van der Waals surface area contributed by atoms with Gasteiger partial charge in [0.2, 0.25) is 5.91 Å². The van der Waals surface area contributed by atoms with Crippen LogP contribution in [-0.4, -0.2) is 56.5 Å². The largest absolute Gasteiger partial charge is 0.353 e. The predicted molar refractivity (Wildman–Crippen MR) is 112 cm³/mol. The number of piperazine rings is 1. The van der Waals surface area contributed by atoms with Gasteiger partial charge in [0.15, 0.2) is 0 Å². The van der Waals surface area contributed by atoms with Crippen molar-refractivity contribution in [1.29, 1.82) is 0 Å². The van der Waals surface area contributed by atoms with Crippen molar-refractivity contribution in [2.45, 2.75) is 13.0 Å². The number of benzene rings is 1. The molecular formula is C21H22N6O3. The molecule has 0 spiro atoms. The number of amides is 1. The highest BCUT2D eigenvalue weighted by molar-refractivity contribution is 5.76. The van der Waals surface area contributed by atoms with Crippen molar-refractivity contribution in [2.24, 2.45) is 0 Å². The minimum Gasteiger partial charge on any atom is -0.353 e. The van der Waals surface area contributed by atoms with Crippen LogP contribution >= 0.6 is 0 Å². The fourth-order valence-electron chi connectivity index (χ4n) is 3.47. The average Bonchev–Trinajstić information content (AvgIpc) is 2.79. The van der Waals surface area contributed by atoms with E-state index in [2.05, 4.69) is 19.9 Å². The first-order valence-corrected chi connectivity index (χ1v) is 9.80. The van der Waals surface area contributed by atoms with E-state index >= 15 is 0 Å². The topological polar surface area (TPSA) is 104 Å². The summed E-state index contributed by atoms with van der Waals surface area (Å²) >= 11 is 0. The number of H-pyrrole nitrogens is 1. The van der Waals surface area contributed by atoms with Gasteiger partial charge >= 0.3 is 5.69 Å². The molecule has 1 aliphatic heterocycles. The summed E-state index contributed by atoms with van der Waals surface area (Å²) in [7, 11) is 0. The first kappa shape index (κ1) is 19.6. The molecular weight excluding hydrogens is 384 g/mol. The van der Waals surface area contributed by atoms with E-state index in [0.29, 0.717) is 26.2 Å². The smallest absolute Gasteiger partial charge is 0.328 e. The number of aromatic nitrogens is 4. The van der Waals surface area contributed by atoms with E-state index in [0.717, 1.165) is 17.1 Å². The van der Waals surface area contributed by atoms with Crippen molar-refractivity contribution < 1.29 is 4.79 Å². The van der Waals surface area contributed by atoms with Crippen molar-refractivity contribution in [3.8, 4) is 11.3 Å². The molecule has 0 saturated carbocycles. The predicted octanol–water partition coefficient (Wildman–Crippen LogP) is 0.732. The Morgan fingerprint density at radius 1 is 1.00 bits per heavy atom. The lowest BCUT2D eigenvalue weighted by atomic mass is 10.1. The van der Waals surface area contributed by atoms with Gasteiger partial charge in [-0.25, -0.2) is 14.8 Å². The maximum absolute atomic E-state index is 12.5. The summed E-state index contributed by atoms with van der Waals surface area (Å²) in [5.74, 6) is 0.830. The second kappa shape index (κ2) is 8.73. The van der Waals surface area contributed by atoms with Crippen LogP contribution in [0.25, 0.3) is 11.3 Å². The van der Waals surface area contributed by atoms with Gasteiger partial charge in [-0.15, -0.1) is 0 Å². The molecule has 4 rings (SSSR count). The summed E-state index contributed by atoms with van der Waals surface area (Å²) < 4.78 is 1.33. The lowest BCUT2D eigenvalue weighted by Crippen LogP contribution is -2.49. The third kappa shape index (κ3) is 4.45. The SMILES string of the molecule is O=C(CCn1ccc(=O)[nH]c1=O)N1CCN(c2cc(-c3ccccc3)ncn2)CC1. The molecule has 1 aromatic carbocycles. The third-order valence-corrected chi connectivity index (χ3v) is 5.14. The second-order valence-corrected chi connectivity index (χ2v) is 7.05. The Kier molecular flexibility index (Phi) is 5.69. The maximum Gasteiger partial charge on any atom is 0.328 e. The van der Waals surface area contributed by atoms with Crippen molar-refractivity contribution in [3.63, 3.8) is 0 Å². The molecule has 0 radical (unpaired) electrons. The van der Waals surface area contributed by atoms with Gasteiger partial charge in [-0.1, -0.05) is 30.3 Å². The Morgan fingerprint density at radius 2 is 1.77 bits per heavy atom. The molecule has 3 aromatic rings. The lowest BCUT2D eigenvalue weighted by Gasteiger charge is -2.35. The van der Waals surface area contributed by atoms with Crippen LogP contribution in [0.5, 0.6) is 0 Å². The molecule has 0 bridgehead atoms. The van der Waals surface area contributed by atoms with Crippen LogP contribution in [0.3, 0.4) is 0 Å². The Bertz CT molecular complexity index is 1130. The molecule has 154 valence electrons. The molecule has 0 unspecified atom stereocenters. The van der Waals surface area contributed by atoms with E-state index in [9.17, 15) is 14.4 Å². The Hall–Kier alpha value is -3.75. The van der Waals surface area contributed by atoms with Gasteiger partial charge in [-0.05, 0) is 0 Å². The fraction of sp³-hybridized carbons (Fsp3) is 0.286. The van der Waals surface area contributed by atoms with Crippen molar-refractivity contribution in [2.75, 3.05) is 31.1 Å². The molecule has 0 aliphatic carbocycles. The number of carbonyl (C=O) groups excluding carboxylic acids is 1. The molecule has 1 saturated heterocycles. The number of hydrogen-bond acceptors (Lipinski definition) is 6. The summed E-state index contributed by atoms with van der Waals surface area (Å²) in [6.45, 7) is 2.76. The number of aromatic amines is 1. The summed E-state index contributed by atoms with van der Waals surface area (Å²) in [5.41, 5.74) is 0.954. The third-order valence-electron chi connectivity index (χ3n) is 5.14. The average molecular weight is 406 g/mol. The van der Waals surface area contributed by atoms with Crippen LogP contribution < -0.4 is 16.1 Å². The van der Waals surface area contributed by atoms with E-state index in [1.165, 1.54) is 16.8 Å². The monoisotopic (exact) mass is 406 g/mol. The second-order valence-electron chi connectivity index (χ2n) is 7.05. The summed E-state index contributed by atoms with van der Waals surface area (Å²) in [6, 6.07) is 13.2. The van der Waals surface area contributed by atoms with Crippen LogP contribution in [-0.2, 0) is 11.3 Å². The zero-order chi connectivity index (χ0) is 20.9. The quantitative estimate of drug-likeness (QED) is 0.670. The minimum absolute atomic E-state index is 0.0135. The molecule has 9 heteroatoms. The Balaban J connectivity index is 1.34. The number of nitrogens with one attached hydrogen (secondary N) is 1. The highest BCUT2D eigenvalue weighted by atomic mass is 16.2. The molecule has 1 amide bonds. The van der Waals surface area contributed by atoms with Gasteiger partial charge in [0, 0.05) is 63.0 Å². The van der Waals surface area contributed by atoms with E-state index in [-0.39, 0.29) is 18.9 Å². The molecule has 3 heterocycles. The molecule has 1 fully saturated rings. The maximum atomic E-state index is 12.5. The van der Waals surface area contributed by atoms with Gasteiger partial charge in [0.05, 0.1) is 5.69 Å². The fourth-order valence-corrected chi connectivity index (χ4v) is 3.47. The zero-order valence-electron chi connectivity index (χ0n) is 16.4. The zero-order valence-corrected chi connectivity index (χ0v) is 16.4. The van der Waals surface area contributed by atoms with Gasteiger partial charge in [-0.3, -0.25) is 14.6 Å². The molecule has 30 heavy (non-hydrogen) atoms. The first-order valence-electron chi connectivity index (χ1n) is 9.80. The Labute approximate surface area is 172 Å². The van der Waals surface area contributed by atoms with Crippen molar-refractivity contribution in [1.82, 2.24) is 24.4 Å². The van der Waals surface area contributed by atoms with Crippen LogP contribution in [0, 0.1) is 0 Å². The lowest BCUT2D eigenvalue weighted by molar-refractivity contribution is -0.131. The van der Waals surface area contributed by atoms with E-state index in [4.69, 9.17) is 0 Å². The van der Waals surface area contributed by atoms with E-state index in [1.54, 1.807) is 11.2 Å². The number of hydrogen-bond donors (Lipinski definition) is 1. The van der Waals surface area contributed by atoms with Crippen LogP contribution in [0.2, 0.25) is 0 Å². The molecule has 1 N–H and O–H groups in total. The van der Waals surface area contributed by atoms with Crippen molar-refractivity contribution >= 4 is 11.7 Å². The summed E-state index contributed by atoms with van der Waals surface area (Å²) in [4.78, 5) is 50.3. The Morgan fingerprint density at radius 3 is 2.50 bits per heavy atom. The van der Waals surface area contributed by atoms with E-state index < -0.39 is 11.2 Å². The van der Waals surface area contributed by atoms with Gasteiger partial charge < -0.3 is 14.4 Å². The van der Waals surface area contributed by atoms with Gasteiger partial charge in [0.25, 0.3) is 5.56 Å². The summed E-state index contributed by atoms with van der Waals surface area (Å²) in [6.07, 6.45) is 3.18. The minimum atomic E-state index is -0.502. The highest BCUT2D eigenvalue weighted by Gasteiger charge is 2.22. The number of carbonyl (C=O) groups is 1. The molecule has 0 atom stereocenters. The summed E-state index contributed by atoms with van der Waals surface area (Å²) in [5, 5.41) is 0. The number of anilines is 1. The standard InChI is InChI=1S/C21H22N6O3/c28-19-6-8-27(21(30)24-19)9-7-20(29)26-12-10-25(11-13-26)18-14-17(22-15-23-18)16-4-2-1-3-5-16/h1-6,8,14-15H,7,9-13H2,(H,24,28,30). The number of rotatable bonds is 5. The number of nitrogens with zero attached hydrogens (tertiary/aromatic N) is 5. The number of aryl methyl sites for hydroxylation is 1. The normalized spacial score (nSPS) is 14.0. The first-order chi connectivity index (χ1) is 14.6. The van der Waals surface area contributed by atoms with Crippen molar-refractivity contribution in [3.05, 3.63) is 75.8 Å². The molecule has 2 aromatic heterocycles. The van der Waals surface area contributed by atoms with E-state index in [1.807, 2.05) is 36.4 Å². The van der Waals surface area contributed by atoms with Gasteiger partial charge in [-0.2, -0.15) is 0 Å². The van der Waals surface area contributed by atoms with Crippen LogP contribution in [0.1, 0.15) is 6.42 Å². The highest BCUT2D eigenvalue weighted by Crippen LogP contribution is 2.21. The molecule has 9 nitrogen and oxygen atoms in total. The van der Waals surface area contributed by atoms with Crippen LogP contribution in [0.15, 0.2) is 64.6 Å². The molecule has 1 aliphatic rings. The van der Waals surface area contributed by atoms with Crippen LogP contribution in [0.4, 0.5) is 5.82 Å².